The third-order valence-electron chi connectivity index (χ3n) is 2.44. The first-order valence-electron chi connectivity index (χ1n) is 5.15. The Bertz CT molecular complexity index is 512. The summed E-state index contributed by atoms with van der Waals surface area (Å²) in [4.78, 5) is 4.01. The van der Waals surface area contributed by atoms with Crippen molar-refractivity contribution in [3.63, 3.8) is 0 Å². The molecule has 0 atom stereocenters. The third-order valence-corrected chi connectivity index (χ3v) is 2.44. The van der Waals surface area contributed by atoms with Gasteiger partial charge in [-0.1, -0.05) is 6.07 Å². The molecule has 0 aliphatic rings. The number of hydrogen-bond acceptors (Lipinski definition) is 4. The SMILES string of the molecule is Cn1ncnc1COc1cccc(F)c1CN. The molecule has 1 aromatic carbocycles. The van der Waals surface area contributed by atoms with Crippen LogP contribution in [0.2, 0.25) is 0 Å². The molecule has 0 aliphatic heterocycles. The third kappa shape index (κ3) is 2.42. The van der Waals surface area contributed by atoms with Gasteiger partial charge in [-0.3, -0.25) is 4.68 Å². The van der Waals surface area contributed by atoms with E-state index in [2.05, 4.69) is 10.1 Å². The topological polar surface area (TPSA) is 66.0 Å². The van der Waals surface area contributed by atoms with E-state index in [4.69, 9.17) is 10.5 Å². The van der Waals surface area contributed by atoms with E-state index in [0.717, 1.165) is 0 Å². The minimum atomic E-state index is -0.358. The highest BCUT2D eigenvalue weighted by molar-refractivity contribution is 5.34. The van der Waals surface area contributed by atoms with E-state index in [9.17, 15) is 4.39 Å². The quantitative estimate of drug-likeness (QED) is 0.859. The minimum Gasteiger partial charge on any atom is -0.485 e. The Labute approximate surface area is 98.0 Å². The van der Waals surface area contributed by atoms with Crippen molar-refractivity contribution in [3.8, 4) is 5.75 Å². The lowest BCUT2D eigenvalue weighted by Gasteiger charge is -2.10. The number of aryl methyl sites for hydroxylation is 1. The first-order valence-corrected chi connectivity index (χ1v) is 5.15. The number of benzene rings is 1. The Hall–Kier alpha value is -1.95. The molecule has 0 amide bonds. The van der Waals surface area contributed by atoms with Gasteiger partial charge < -0.3 is 10.5 Å². The van der Waals surface area contributed by atoms with E-state index in [1.807, 2.05) is 0 Å². The highest BCUT2D eigenvalue weighted by Gasteiger charge is 2.09. The molecule has 2 rings (SSSR count). The molecular weight excluding hydrogens is 223 g/mol. The molecule has 0 aliphatic carbocycles. The van der Waals surface area contributed by atoms with Gasteiger partial charge in [0.15, 0.2) is 5.82 Å². The lowest BCUT2D eigenvalue weighted by atomic mass is 10.2. The van der Waals surface area contributed by atoms with Crippen molar-refractivity contribution < 1.29 is 9.13 Å². The molecule has 2 N–H and O–H groups in total. The molecule has 1 heterocycles. The molecule has 0 bridgehead atoms. The maximum absolute atomic E-state index is 13.4. The van der Waals surface area contributed by atoms with Gasteiger partial charge in [-0.15, -0.1) is 0 Å². The summed E-state index contributed by atoms with van der Waals surface area (Å²) in [5.74, 6) is 0.746. The van der Waals surface area contributed by atoms with Crippen LogP contribution in [0.25, 0.3) is 0 Å². The van der Waals surface area contributed by atoms with Gasteiger partial charge in [0, 0.05) is 19.2 Å². The van der Waals surface area contributed by atoms with Crippen LogP contribution >= 0.6 is 0 Å². The number of nitrogens with two attached hydrogens (primary N) is 1. The van der Waals surface area contributed by atoms with Gasteiger partial charge in [0.25, 0.3) is 0 Å². The summed E-state index contributed by atoms with van der Waals surface area (Å²) in [6.07, 6.45) is 1.44. The van der Waals surface area contributed by atoms with E-state index in [1.165, 1.54) is 12.4 Å². The van der Waals surface area contributed by atoms with Crippen LogP contribution in [0.1, 0.15) is 11.4 Å². The van der Waals surface area contributed by atoms with E-state index >= 15 is 0 Å². The predicted molar refractivity (Wildman–Crippen MR) is 59.6 cm³/mol. The van der Waals surface area contributed by atoms with Gasteiger partial charge in [-0.25, -0.2) is 9.37 Å². The minimum absolute atomic E-state index is 0.0980. The molecule has 0 radical (unpaired) electrons. The van der Waals surface area contributed by atoms with E-state index in [1.54, 1.807) is 23.9 Å². The summed E-state index contributed by atoms with van der Waals surface area (Å²) in [7, 11) is 1.76. The maximum Gasteiger partial charge on any atom is 0.164 e. The molecule has 17 heavy (non-hydrogen) atoms. The summed E-state index contributed by atoms with van der Waals surface area (Å²) in [5, 5.41) is 3.92. The Morgan fingerprint density at radius 1 is 1.47 bits per heavy atom. The summed E-state index contributed by atoms with van der Waals surface area (Å²) < 4.78 is 20.5. The maximum atomic E-state index is 13.4. The van der Waals surface area contributed by atoms with Gasteiger partial charge in [0.1, 0.15) is 24.5 Å². The van der Waals surface area contributed by atoms with Crippen molar-refractivity contribution in [1.29, 1.82) is 0 Å². The Balaban J connectivity index is 2.14. The van der Waals surface area contributed by atoms with Gasteiger partial charge in [0.2, 0.25) is 0 Å². The zero-order valence-electron chi connectivity index (χ0n) is 9.43. The summed E-state index contributed by atoms with van der Waals surface area (Å²) >= 11 is 0. The Kier molecular flexibility index (Phi) is 3.34. The molecule has 0 saturated heterocycles. The number of aromatic nitrogens is 3. The fraction of sp³-hybridized carbons (Fsp3) is 0.273. The summed E-state index contributed by atoms with van der Waals surface area (Å²) in [5.41, 5.74) is 5.85. The molecule has 5 nitrogen and oxygen atoms in total. The lowest BCUT2D eigenvalue weighted by molar-refractivity contribution is 0.285. The zero-order valence-corrected chi connectivity index (χ0v) is 9.43. The molecule has 2 aromatic rings. The molecule has 1 aromatic heterocycles. The standard InChI is InChI=1S/C11H13FN4O/c1-16-11(14-7-15-16)6-17-10-4-2-3-9(12)8(10)5-13/h2-4,7H,5-6,13H2,1H3. The van der Waals surface area contributed by atoms with Crippen molar-refractivity contribution in [2.45, 2.75) is 13.2 Å². The average molecular weight is 236 g/mol. The summed E-state index contributed by atoms with van der Waals surface area (Å²) in [6, 6.07) is 4.62. The second-order valence-corrected chi connectivity index (χ2v) is 3.51. The largest absolute Gasteiger partial charge is 0.485 e. The number of hydrogen-bond donors (Lipinski definition) is 1. The highest BCUT2D eigenvalue weighted by atomic mass is 19.1. The van der Waals surface area contributed by atoms with Crippen molar-refractivity contribution in [2.75, 3.05) is 0 Å². The molecule has 0 spiro atoms. The fourth-order valence-electron chi connectivity index (χ4n) is 1.47. The average Bonchev–Trinajstić information content (AvgIpc) is 2.72. The second-order valence-electron chi connectivity index (χ2n) is 3.51. The first-order chi connectivity index (χ1) is 8.22. The number of ether oxygens (including phenoxy) is 1. The van der Waals surface area contributed by atoms with Gasteiger partial charge in [0.05, 0.1) is 0 Å². The zero-order chi connectivity index (χ0) is 12.3. The van der Waals surface area contributed by atoms with Crippen molar-refractivity contribution in [3.05, 3.63) is 41.7 Å². The molecule has 0 saturated carbocycles. The van der Waals surface area contributed by atoms with Crippen molar-refractivity contribution in [2.24, 2.45) is 12.8 Å². The van der Waals surface area contributed by atoms with Crippen LogP contribution in [0.15, 0.2) is 24.5 Å². The van der Waals surface area contributed by atoms with E-state index < -0.39 is 0 Å². The molecule has 6 heteroatoms. The number of halogens is 1. The Morgan fingerprint density at radius 3 is 2.94 bits per heavy atom. The van der Waals surface area contributed by atoms with Crippen LogP contribution in [0.3, 0.4) is 0 Å². The van der Waals surface area contributed by atoms with Crippen LogP contribution in [0, 0.1) is 5.82 Å². The molecular formula is C11H13FN4O. The highest BCUT2D eigenvalue weighted by Crippen LogP contribution is 2.21. The molecule has 0 unspecified atom stereocenters. The second kappa shape index (κ2) is 4.92. The van der Waals surface area contributed by atoms with Crippen LogP contribution in [0.4, 0.5) is 4.39 Å². The van der Waals surface area contributed by atoms with E-state index in [0.29, 0.717) is 17.1 Å². The number of rotatable bonds is 4. The van der Waals surface area contributed by atoms with Gasteiger partial charge in [-0.2, -0.15) is 5.10 Å². The van der Waals surface area contributed by atoms with Gasteiger partial charge >= 0.3 is 0 Å². The van der Waals surface area contributed by atoms with Crippen LogP contribution in [-0.4, -0.2) is 14.8 Å². The van der Waals surface area contributed by atoms with Crippen molar-refractivity contribution >= 4 is 0 Å². The normalized spacial score (nSPS) is 10.5. The molecule has 0 fully saturated rings. The van der Waals surface area contributed by atoms with E-state index in [-0.39, 0.29) is 19.0 Å². The van der Waals surface area contributed by atoms with Crippen LogP contribution in [-0.2, 0) is 20.2 Å². The van der Waals surface area contributed by atoms with Gasteiger partial charge in [-0.05, 0) is 12.1 Å². The van der Waals surface area contributed by atoms with Crippen molar-refractivity contribution in [1.82, 2.24) is 14.8 Å². The lowest BCUT2D eigenvalue weighted by Crippen LogP contribution is -2.08. The number of nitrogens with zero attached hydrogens (tertiary/aromatic N) is 3. The smallest absolute Gasteiger partial charge is 0.164 e. The molecule has 90 valence electrons. The predicted octanol–water partition coefficient (Wildman–Crippen LogP) is 0.992. The van der Waals surface area contributed by atoms with Crippen LogP contribution < -0.4 is 10.5 Å². The fourth-order valence-corrected chi connectivity index (χ4v) is 1.47. The first kappa shape index (κ1) is 11.5. The summed E-state index contributed by atoms with van der Waals surface area (Å²) in [6.45, 7) is 0.327. The van der Waals surface area contributed by atoms with Crippen LogP contribution in [0.5, 0.6) is 5.75 Å². The monoisotopic (exact) mass is 236 g/mol. The Morgan fingerprint density at radius 2 is 2.29 bits per heavy atom.